The molecule has 0 amide bonds. The predicted molar refractivity (Wildman–Crippen MR) is 93.6 cm³/mol. The molecule has 3 rings (SSSR count). The summed E-state index contributed by atoms with van der Waals surface area (Å²) in [5.74, 6) is 1.20. The molecule has 2 aromatic heterocycles. The molecule has 1 atom stereocenters. The smallest absolute Gasteiger partial charge is 0.277 e. The number of thiophene rings is 1. The molecule has 0 aliphatic carbocycles. The van der Waals surface area contributed by atoms with E-state index in [1.54, 1.807) is 11.3 Å². The Kier molecular flexibility index (Phi) is 5.12. The number of Topliss-reactive ketones (excluding diaryl/α,β-unsaturated/α-hetero) is 1. The number of sulfone groups is 1. The van der Waals surface area contributed by atoms with E-state index in [1.807, 2.05) is 19.9 Å². The van der Waals surface area contributed by atoms with Gasteiger partial charge in [-0.1, -0.05) is 11.8 Å². The molecule has 0 spiro atoms. The topological polar surface area (TPSA) is 90.1 Å². The van der Waals surface area contributed by atoms with E-state index < -0.39 is 9.84 Å². The molecule has 6 nitrogen and oxygen atoms in total. The van der Waals surface area contributed by atoms with Crippen molar-refractivity contribution in [2.24, 2.45) is 5.92 Å². The third-order valence-electron chi connectivity index (χ3n) is 3.91. The lowest BCUT2D eigenvalue weighted by atomic mass is 10.1. The third-order valence-corrected chi connectivity index (χ3v) is 7.53. The fourth-order valence-corrected chi connectivity index (χ4v) is 6.24. The lowest BCUT2D eigenvalue weighted by Crippen LogP contribution is -2.07. The van der Waals surface area contributed by atoms with E-state index in [0.29, 0.717) is 24.0 Å². The molecular weight excluding hydrogens is 368 g/mol. The van der Waals surface area contributed by atoms with E-state index in [9.17, 15) is 13.2 Å². The first kappa shape index (κ1) is 17.6. The summed E-state index contributed by atoms with van der Waals surface area (Å²) >= 11 is 2.83. The van der Waals surface area contributed by atoms with Crippen LogP contribution in [-0.2, 0) is 16.3 Å². The molecule has 0 bridgehead atoms. The summed E-state index contributed by atoms with van der Waals surface area (Å²) < 4.78 is 28.5. The SMILES string of the molecule is Cc1cc(C(=O)CSc2nnc(C[C@H]3CCS(=O)(=O)C3)o2)c(C)s1. The van der Waals surface area contributed by atoms with Gasteiger partial charge in [-0.15, -0.1) is 21.5 Å². The molecule has 9 heteroatoms. The minimum atomic E-state index is -2.90. The van der Waals surface area contributed by atoms with Gasteiger partial charge in [-0.3, -0.25) is 4.79 Å². The lowest BCUT2D eigenvalue weighted by molar-refractivity contribution is 0.102. The van der Waals surface area contributed by atoms with Crippen molar-refractivity contribution in [3.8, 4) is 0 Å². The van der Waals surface area contributed by atoms with Crippen LogP contribution in [-0.4, -0.2) is 41.7 Å². The second-order valence-electron chi connectivity index (χ2n) is 5.97. The Morgan fingerprint density at radius 2 is 2.21 bits per heavy atom. The standard InChI is InChI=1S/C15H18N2O4S3/c1-9-5-12(10(2)23-9)13(18)7-22-15-17-16-14(21-15)6-11-3-4-24(19,20)8-11/h5,11H,3-4,6-8H2,1-2H3/t11-/m1/s1. The average Bonchev–Trinajstić information content (AvgIpc) is 3.17. The number of thioether (sulfide) groups is 1. The summed E-state index contributed by atoms with van der Waals surface area (Å²) in [5.41, 5.74) is 0.751. The summed E-state index contributed by atoms with van der Waals surface area (Å²) in [5, 5.41) is 8.24. The Morgan fingerprint density at radius 1 is 1.42 bits per heavy atom. The highest BCUT2D eigenvalue weighted by Gasteiger charge is 2.29. The van der Waals surface area contributed by atoms with Crippen molar-refractivity contribution in [3.05, 3.63) is 27.3 Å². The fraction of sp³-hybridized carbons (Fsp3) is 0.533. The van der Waals surface area contributed by atoms with Crippen LogP contribution >= 0.6 is 23.1 Å². The highest BCUT2D eigenvalue weighted by molar-refractivity contribution is 7.99. The van der Waals surface area contributed by atoms with Gasteiger partial charge in [0.15, 0.2) is 15.6 Å². The van der Waals surface area contributed by atoms with Gasteiger partial charge >= 0.3 is 0 Å². The zero-order valence-corrected chi connectivity index (χ0v) is 15.9. The van der Waals surface area contributed by atoms with Gasteiger partial charge in [0.05, 0.1) is 17.3 Å². The first-order valence-electron chi connectivity index (χ1n) is 7.58. The highest BCUT2D eigenvalue weighted by atomic mass is 32.2. The number of aromatic nitrogens is 2. The molecule has 0 aromatic carbocycles. The van der Waals surface area contributed by atoms with Crippen LogP contribution in [0.5, 0.6) is 0 Å². The van der Waals surface area contributed by atoms with Gasteiger partial charge in [0.25, 0.3) is 5.22 Å². The van der Waals surface area contributed by atoms with E-state index in [-0.39, 0.29) is 29.0 Å². The Morgan fingerprint density at radius 3 is 2.83 bits per heavy atom. The highest BCUT2D eigenvalue weighted by Crippen LogP contribution is 2.26. The number of ketones is 1. The van der Waals surface area contributed by atoms with E-state index in [4.69, 9.17) is 4.42 Å². The van der Waals surface area contributed by atoms with Gasteiger partial charge in [0, 0.05) is 21.7 Å². The minimum absolute atomic E-state index is 0.0449. The van der Waals surface area contributed by atoms with Crippen molar-refractivity contribution in [3.63, 3.8) is 0 Å². The maximum atomic E-state index is 12.2. The molecule has 1 aliphatic rings. The van der Waals surface area contributed by atoms with Gasteiger partial charge in [0.2, 0.25) is 5.89 Å². The third kappa shape index (κ3) is 4.25. The van der Waals surface area contributed by atoms with Gasteiger partial charge in [-0.25, -0.2) is 8.42 Å². The minimum Gasteiger partial charge on any atom is -0.416 e. The number of hydrogen-bond acceptors (Lipinski definition) is 8. The molecule has 0 N–H and O–H groups in total. The van der Waals surface area contributed by atoms with Crippen LogP contribution in [0.15, 0.2) is 15.7 Å². The second kappa shape index (κ2) is 6.97. The first-order valence-corrected chi connectivity index (χ1v) is 11.2. The summed E-state index contributed by atoms with van der Waals surface area (Å²) in [6, 6.07) is 1.91. The van der Waals surface area contributed by atoms with Gasteiger partial charge in [-0.2, -0.15) is 0 Å². The zero-order valence-electron chi connectivity index (χ0n) is 13.4. The normalized spacial score (nSPS) is 19.7. The maximum absolute atomic E-state index is 12.2. The molecule has 0 saturated carbocycles. The largest absolute Gasteiger partial charge is 0.416 e. The lowest BCUT2D eigenvalue weighted by Gasteiger charge is -2.01. The van der Waals surface area contributed by atoms with Crippen molar-refractivity contribution in [2.45, 2.75) is 31.9 Å². The summed E-state index contributed by atoms with van der Waals surface area (Å²) in [7, 11) is -2.90. The molecule has 1 aliphatic heterocycles. The fourth-order valence-electron chi connectivity index (χ4n) is 2.77. The Hall–Kier alpha value is -1.19. The number of nitrogens with zero attached hydrogens (tertiary/aromatic N) is 2. The molecule has 0 unspecified atom stereocenters. The number of rotatable bonds is 6. The number of carbonyl (C=O) groups excluding carboxylic acids is 1. The van der Waals surface area contributed by atoms with E-state index in [2.05, 4.69) is 10.2 Å². The molecular formula is C15H18N2O4S3. The molecule has 1 fully saturated rings. The first-order chi connectivity index (χ1) is 11.3. The molecule has 3 heterocycles. The van der Waals surface area contributed by atoms with Crippen molar-refractivity contribution in [1.82, 2.24) is 10.2 Å². The van der Waals surface area contributed by atoms with Crippen LogP contribution < -0.4 is 0 Å². The zero-order chi connectivity index (χ0) is 17.3. The summed E-state index contributed by atoms with van der Waals surface area (Å²) in [6.07, 6.45) is 1.12. The Bertz CT molecular complexity index is 854. The summed E-state index contributed by atoms with van der Waals surface area (Å²) in [6.45, 7) is 3.92. The van der Waals surface area contributed by atoms with Crippen LogP contribution in [0.2, 0.25) is 0 Å². The number of hydrogen-bond donors (Lipinski definition) is 0. The average molecular weight is 387 g/mol. The van der Waals surface area contributed by atoms with Gasteiger partial charge in [0.1, 0.15) is 0 Å². The molecule has 130 valence electrons. The quantitative estimate of drug-likeness (QED) is 0.557. The molecule has 2 aromatic rings. The van der Waals surface area contributed by atoms with Crippen LogP contribution in [0, 0.1) is 19.8 Å². The number of carbonyl (C=O) groups is 1. The van der Waals surface area contributed by atoms with E-state index in [0.717, 1.165) is 15.3 Å². The van der Waals surface area contributed by atoms with Crippen LogP contribution in [0.3, 0.4) is 0 Å². The van der Waals surface area contributed by atoms with Crippen LogP contribution in [0.25, 0.3) is 0 Å². The summed E-state index contributed by atoms with van der Waals surface area (Å²) in [4.78, 5) is 14.4. The van der Waals surface area contributed by atoms with Gasteiger partial charge < -0.3 is 4.42 Å². The van der Waals surface area contributed by atoms with Crippen LogP contribution in [0.1, 0.15) is 32.4 Å². The Labute approximate surface area is 149 Å². The van der Waals surface area contributed by atoms with E-state index >= 15 is 0 Å². The van der Waals surface area contributed by atoms with Crippen molar-refractivity contribution < 1.29 is 17.6 Å². The van der Waals surface area contributed by atoms with Crippen molar-refractivity contribution in [2.75, 3.05) is 17.3 Å². The predicted octanol–water partition coefficient (Wildman–Crippen LogP) is 2.70. The Balaban J connectivity index is 1.55. The van der Waals surface area contributed by atoms with E-state index in [1.165, 1.54) is 11.8 Å². The molecule has 0 radical (unpaired) electrons. The maximum Gasteiger partial charge on any atom is 0.277 e. The van der Waals surface area contributed by atoms with Gasteiger partial charge in [-0.05, 0) is 32.3 Å². The van der Waals surface area contributed by atoms with Crippen molar-refractivity contribution in [1.29, 1.82) is 0 Å². The number of aryl methyl sites for hydroxylation is 2. The van der Waals surface area contributed by atoms with Crippen molar-refractivity contribution >= 4 is 38.7 Å². The second-order valence-corrected chi connectivity index (χ2v) is 10.6. The molecule has 24 heavy (non-hydrogen) atoms. The van der Waals surface area contributed by atoms with Crippen LogP contribution in [0.4, 0.5) is 0 Å². The monoisotopic (exact) mass is 386 g/mol. The molecule has 1 saturated heterocycles.